The minimum absolute atomic E-state index is 0.0702. The Hall–Kier alpha value is -2.62. The van der Waals surface area contributed by atoms with E-state index in [9.17, 15) is 5.11 Å². The number of hydrogen-bond donors (Lipinski definition) is 1. The second-order valence-electron chi connectivity index (χ2n) is 13.0. The van der Waals surface area contributed by atoms with E-state index in [1.807, 2.05) is 19.1 Å². The lowest BCUT2D eigenvalue weighted by atomic mass is 9.74. The standard InChI is InChI=1S/C36H48F2O2/c1-6-8-10-20-34(4)24-31(39)18-19-32(25-34)40-36(37,38)30-17-16-29(27-14-12-26(3)13-15-27)22-35(5,23-30)33-21-28(33)11-9-7-2/h7,16-19,21-27,33,39H,2,6,8-15,20H2,1,3-5H3. The highest BCUT2D eigenvalue weighted by atomic mass is 19.3. The molecule has 0 aromatic rings. The zero-order valence-corrected chi connectivity index (χ0v) is 24.9. The number of aliphatic hydroxyl groups excluding tert-OH is 1. The predicted molar refractivity (Wildman–Crippen MR) is 162 cm³/mol. The number of alkyl halides is 2. The van der Waals surface area contributed by atoms with E-state index < -0.39 is 16.9 Å². The second kappa shape index (κ2) is 12.5. The van der Waals surface area contributed by atoms with Gasteiger partial charge in [-0.25, -0.2) is 0 Å². The van der Waals surface area contributed by atoms with E-state index in [1.54, 1.807) is 24.3 Å². The largest absolute Gasteiger partial charge is 0.508 e. The first-order valence-electron chi connectivity index (χ1n) is 15.3. The van der Waals surface area contributed by atoms with Crippen molar-refractivity contribution in [1.29, 1.82) is 0 Å². The van der Waals surface area contributed by atoms with Crippen molar-refractivity contribution in [3.8, 4) is 0 Å². The maximum absolute atomic E-state index is 16.1. The lowest BCUT2D eigenvalue weighted by Crippen LogP contribution is -2.26. The van der Waals surface area contributed by atoms with Crippen LogP contribution in [0.1, 0.15) is 91.9 Å². The van der Waals surface area contributed by atoms with Crippen LogP contribution in [0.2, 0.25) is 0 Å². The van der Waals surface area contributed by atoms with Crippen LogP contribution in [0.15, 0.2) is 95.6 Å². The lowest BCUT2D eigenvalue weighted by Gasteiger charge is -2.30. The molecule has 2 nitrogen and oxygen atoms in total. The Morgan fingerprint density at radius 2 is 1.77 bits per heavy atom. The Morgan fingerprint density at radius 3 is 2.48 bits per heavy atom. The maximum atomic E-state index is 16.1. The van der Waals surface area contributed by atoms with Gasteiger partial charge in [0, 0.05) is 16.7 Å². The van der Waals surface area contributed by atoms with Crippen LogP contribution in [-0.2, 0) is 4.74 Å². The summed E-state index contributed by atoms with van der Waals surface area (Å²) < 4.78 is 37.6. The fourth-order valence-corrected chi connectivity index (χ4v) is 6.62. The van der Waals surface area contributed by atoms with Gasteiger partial charge < -0.3 is 9.84 Å². The van der Waals surface area contributed by atoms with Gasteiger partial charge >= 0.3 is 6.11 Å². The summed E-state index contributed by atoms with van der Waals surface area (Å²) in [6.07, 6.45) is 24.6. The summed E-state index contributed by atoms with van der Waals surface area (Å²) in [5.74, 6) is 1.41. The Balaban J connectivity index is 1.62. The number of ether oxygens (including phenoxy) is 1. The molecule has 4 aliphatic carbocycles. The molecule has 218 valence electrons. The van der Waals surface area contributed by atoms with Crippen LogP contribution in [0.5, 0.6) is 0 Å². The Bertz CT molecular complexity index is 1160. The zero-order chi connectivity index (χ0) is 29.0. The van der Waals surface area contributed by atoms with E-state index in [0.717, 1.165) is 57.3 Å². The van der Waals surface area contributed by atoms with Crippen LogP contribution in [-0.4, -0.2) is 11.2 Å². The average molecular weight is 551 g/mol. The summed E-state index contributed by atoms with van der Waals surface area (Å²) in [4.78, 5) is 0. The van der Waals surface area contributed by atoms with Crippen molar-refractivity contribution in [2.24, 2.45) is 28.6 Å². The van der Waals surface area contributed by atoms with Crippen LogP contribution in [0.25, 0.3) is 0 Å². The first-order chi connectivity index (χ1) is 19.0. The molecule has 0 saturated heterocycles. The van der Waals surface area contributed by atoms with E-state index in [1.165, 1.54) is 36.1 Å². The first-order valence-corrected chi connectivity index (χ1v) is 15.3. The van der Waals surface area contributed by atoms with E-state index in [2.05, 4.69) is 39.5 Å². The van der Waals surface area contributed by atoms with Gasteiger partial charge in [-0.1, -0.05) is 95.8 Å². The molecule has 0 aliphatic heterocycles. The summed E-state index contributed by atoms with van der Waals surface area (Å²) >= 11 is 0. The maximum Gasteiger partial charge on any atom is 0.426 e. The molecule has 1 N–H and O–H groups in total. The lowest BCUT2D eigenvalue weighted by molar-refractivity contribution is -0.177. The molecule has 4 aliphatic rings. The number of unbranched alkanes of at least 4 members (excludes halogenated alkanes) is 2. The molecule has 0 aromatic carbocycles. The number of allylic oxidation sites excluding steroid dienone is 11. The van der Waals surface area contributed by atoms with Crippen molar-refractivity contribution in [3.05, 3.63) is 95.6 Å². The molecular formula is C36H48F2O2. The Labute approximate surface area is 240 Å². The molecule has 1 fully saturated rings. The summed E-state index contributed by atoms with van der Waals surface area (Å²) in [5.41, 5.74) is 1.25. The van der Waals surface area contributed by atoms with Crippen LogP contribution in [0.3, 0.4) is 0 Å². The van der Waals surface area contributed by atoms with E-state index >= 15 is 8.78 Å². The van der Waals surface area contributed by atoms with Gasteiger partial charge in [-0.3, -0.25) is 0 Å². The summed E-state index contributed by atoms with van der Waals surface area (Å²) in [7, 11) is 0. The molecule has 0 heterocycles. The van der Waals surface area contributed by atoms with Crippen LogP contribution >= 0.6 is 0 Å². The summed E-state index contributed by atoms with van der Waals surface area (Å²) in [6.45, 7) is 12.3. The molecule has 3 unspecified atom stereocenters. The average Bonchev–Trinajstić information content (AvgIpc) is 3.71. The molecule has 4 rings (SSSR count). The molecule has 40 heavy (non-hydrogen) atoms. The second-order valence-corrected chi connectivity index (χ2v) is 13.0. The van der Waals surface area contributed by atoms with Crippen molar-refractivity contribution in [1.82, 2.24) is 0 Å². The van der Waals surface area contributed by atoms with E-state index in [0.29, 0.717) is 5.92 Å². The van der Waals surface area contributed by atoms with E-state index in [4.69, 9.17) is 4.74 Å². The predicted octanol–water partition coefficient (Wildman–Crippen LogP) is 10.9. The minimum atomic E-state index is -3.53. The van der Waals surface area contributed by atoms with Gasteiger partial charge in [-0.2, -0.15) is 8.78 Å². The summed E-state index contributed by atoms with van der Waals surface area (Å²) in [6, 6.07) is 0. The van der Waals surface area contributed by atoms with Gasteiger partial charge in [0.25, 0.3) is 0 Å². The quantitative estimate of drug-likeness (QED) is 0.193. The summed E-state index contributed by atoms with van der Waals surface area (Å²) in [5, 5.41) is 10.3. The van der Waals surface area contributed by atoms with Gasteiger partial charge in [0.2, 0.25) is 0 Å². The molecule has 0 amide bonds. The minimum Gasteiger partial charge on any atom is -0.508 e. The fraction of sp³-hybridized carbons (Fsp3) is 0.556. The van der Waals surface area contributed by atoms with Crippen molar-refractivity contribution >= 4 is 0 Å². The highest BCUT2D eigenvalue weighted by molar-refractivity contribution is 5.47. The first kappa shape index (κ1) is 30.3. The molecule has 0 radical (unpaired) electrons. The van der Waals surface area contributed by atoms with E-state index in [-0.39, 0.29) is 23.0 Å². The molecule has 4 heteroatoms. The molecule has 0 spiro atoms. The Morgan fingerprint density at radius 1 is 1.02 bits per heavy atom. The normalized spacial score (nSPS) is 32.1. The number of halogens is 2. The van der Waals surface area contributed by atoms with Gasteiger partial charge in [-0.15, -0.1) is 6.58 Å². The van der Waals surface area contributed by atoms with Crippen LogP contribution < -0.4 is 0 Å². The topological polar surface area (TPSA) is 29.5 Å². The highest BCUT2D eigenvalue weighted by Crippen LogP contribution is 2.52. The monoisotopic (exact) mass is 550 g/mol. The van der Waals surface area contributed by atoms with Crippen molar-refractivity contribution < 1.29 is 18.6 Å². The van der Waals surface area contributed by atoms with Crippen molar-refractivity contribution in [3.63, 3.8) is 0 Å². The molecule has 3 atom stereocenters. The number of hydrogen-bond acceptors (Lipinski definition) is 2. The molecule has 1 saturated carbocycles. The number of rotatable bonds is 12. The van der Waals surface area contributed by atoms with Gasteiger partial charge in [0.05, 0.1) is 5.57 Å². The van der Waals surface area contributed by atoms with Crippen LogP contribution in [0.4, 0.5) is 8.78 Å². The fourth-order valence-electron chi connectivity index (χ4n) is 6.62. The van der Waals surface area contributed by atoms with Gasteiger partial charge in [0.1, 0.15) is 11.5 Å². The van der Waals surface area contributed by atoms with Crippen LogP contribution in [0, 0.1) is 28.6 Å². The number of aliphatic hydroxyl groups is 1. The highest BCUT2D eigenvalue weighted by Gasteiger charge is 2.45. The van der Waals surface area contributed by atoms with Crippen molar-refractivity contribution in [2.75, 3.05) is 0 Å². The van der Waals surface area contributed by atoms with Gasteiger partial charge in [-0.05, 0) is 79.9 Å². The third-order valence-corrected chi connectivity index (χ3v) is 9.13. The third-order valence-electron chi connectivity index (χ3n) is 9.13. The molecular weight excluding hydrogens is 502 g/mol. The SMILES string of the molecule is C=CCCC1=CC1C1(C)C=C(C2CCC(C)CC2)C=CC(C(F)(F)OC2=CC(C)(CCCCC)C=C(O)C=C2)=C1. The molecule has 0 bridgehead atoms. The smallest absolute Gasteiger partial charge is 0.426 e. The molecule has 0 aromatic heterocycles. The zero-order valence-electron chi connectivity index (χ0n) is 24.9. The Kier molecular flexibility index (Phi) is 9.47. The third kappa shape index (κ3) is 7.56. The van der Waals surface area contributed by atoms with Crippen molar-refractivity contribution in [2.45, 2.75) is 98.0 Å². The van der Waals surface area contributed by atoms with Gasteiger partial charge in [0.15, 0.2) is 0 Å².